The van der Waals surface area contributed by atoms with Crippen LogP contribution in [-0.4, -0.2) is 27.4 Å². The Hall–Kier alpha value is -2.57. The van der Waals surface area contributed by atoms with E-state index in [0.717, 1.165) is 0 Å². The summed E-state index contributed by atoms with van der Waals surface area (Å²) in [4.78, 5) is 12.0. The molecule has 1 aromatic heterocycles. The van der Waals surface area contributed by atoms with Gasteiger partial charge in [0.2, 0.25) is 0 Å². The zero-order valence-electron chi connectivity index (χ0n) is 10.7. The van der Waals surface area contributed by atoms with Gasteiger partial charge in [0.1, 0.15) is 5.75 Å². The number of aromatic nitrogens is 3. The smallest absolute Gasteiger partial charge is 0.280 e. The zero-order valence-corrected chi connectivity index (χ0v) is 10.7. The highest BCUT2D eigenvalue weighted by molar-refractivity contribution is 6.06. The molecule has 7 nitrogen and oxygen atoms in total. The molecule has 0 aliphatic heterocycles. The van der Waals surface area contributed by atoms with Gasteiger partial charge >= 0.3 is 0 Å². The fraction of sp³-hybridized carbons (Fsp3) is 0.250. The maximum Gasteiger partial charge on any atom is 0.280 e. The number of para-hydroxylation sites is 2. The molecule has 0 saturated carbocycles. The average molecular weight is 261 g/mol. The molecule has 0 bridgehead atoms. The summed E-state index contributed by atoms with van der Waals surface area (Å²) in [5.41, 5.74) is 6.13. The molecule has 0 aliphatic carbocycles. The van der Waals surface area contributed by atoms with Crippen LogP contribution in [0.15, 0.2) is 24.3 Å². The van der Waals surface area contributed by atoms with Crippen LogP contribution in [0.5, 0.6) is 5.75 Å². The van der Waals surface area contributed by atoms with E-state index >= 15 is 0 Å². The van der Waals surface area contributed by atoms with Crippen molar-refractivity contribution in [3.8, 4) is 5.75 Å². The van der Waals surface area contributed by atoms with Gasteiger partial charge in [-0.25, -0.2) is 0 Å². The van der Waals surface area contributed by atoms with E-state index < -0.39 is 5.91 Å². The van der Waals surface area contributed by atoms with E-state index in [1.165, 1.54) is 0 Å². The fourth-order valence-electron chi connectivity index (χ4n) is 1.51. The number of nitrogens with two attached hydrogens (primary N) is 1. The van der Waals surface area contributed by atoms with E-state index in [9.17, 15) is 4.79 Å². The van der Waals surface area contributed by atoms with Crippen molar-refractivity contribution in [2.24, 2.45) is 0 Å². The number of ether oxygens (including phenoxy) is 1. The van der Waals surface area contributed by atoms with Gasteiger partial charge in [-0.05, 0) is 26.0 Å². The minimum atomic E-state index is -0.439. The Labute approximate surface area is 110 Å². The maximum atomic E-state index is 12.0. The summed E-state index contributed by atoms with van der Waals surface area (Å²) in [7, 11) is 0. The number of aromatic amines is 1. The average Bonchev–Trinajstić information content (AvgIpc) is 2.77. The Bertz CT molecular complexity index is 579. The second-order valence-electron chi connectivity index (χ2n) is 4.17. The maximum absolute atomic E-state index is 12.0. The number of carbonyl (C=O) groups is 1. The SMILES string of the molecule is CC(C)Oc1ccccc1NC(=O)c1n[nH]nc1N. The molecule has 2 aromatic rings. The molecule has 1 heterocycles. The number of carbonyl (C=O) groups excluding carboxylic acids is 1. The molecular weight excluding hydrogens is 246 g/mol. The lowest BCUT2D eigenvalue weighted by atomic mass is 10.2. The van der Waals surface area contributed by atoms with Gasteiger partial charge in [0.15, 0.2) is 11.5 Å². The standard InChI is InChI=1S/C12H15N5O2/c1-7(2)19-9-6-4-3-5-8(9)14-12(18)10-11(13)16-17-15-10/h3-7H,1-2H3,(H,14,18)(H3,13,15,16,17). The van der Waals surface area contributed by atoms with E-state index in [1.54, 1.807) is 18.2 Å². The lowest BCUT2D eigenvalue weighted by Gasteiger charge is -2.14. The number of nitrogens with zero attached hydrogens (tertiary/aromatic N) is 2. The summed E-state index contributed by atoms with van der Waals surface area (Å²) < 4.78 is 5.60. The minimum absolute atomic E-state index is 0.00942. The number of amides is 1. The van der Waals surface area contributed by atoms with Crippen LogP contribution in [0.2, 0.25) is 0 Å². The predicted molar refractivity (Wildman–Crippen MR) is 71.0 cm³/mol. The molecule has 0 atom stereocenters. The fourth-order valence-corrected chi connectivity index (χ4v) is 1.51. The number of anilines is 2. The van der Waals surface area contributed by atoms with Gasteiger partial charge in [0, 0.05) is 0 Å². The Balaban J connectivity index is 2.19. The molecule has 0 saturated heterocycles. The number of H-pyrrole nitrogens is 1. The van der Waals surface area contributed by atoms with Gasteiger partial charge in [-0.15, -0.1) is 10.2 Å². The molecule has 100 valence electrons. The molecule has 0 radical (unpaired) electrons. The molecule has 0 aliphatic rings. The van der Waals surface area contributed by atoms with Gasteiger partial charge in [0.25, 0.3) is 5.91 Å². The second kappa shape index (κ2) is 5.38. The molecule has 0 unspecified atom stereocenters. The van der Waals surface area contributed by atoms with Crippen LogP contribution in [0, 0.1) is 0 Å². The number of rotatable bonds is 4. The quantitative estimate of drug-likeness (QED) is 0.771. The number of nitrogens with one attached hydrogen (secondary N) is 2. The first-order chi connectivity index (χ1) is 9.08. The van der Waals surface area contributed by atoms with E-state index in [4.69, 9.17) is 10.5 Å². The summed E-state index contributed by atoms with van der Waals surface area (Å²) >= 11 is 0. The van der Waals surface area contributed by atoms with Crippen LogP contribution >= 0.6 is 0 Å². The summed E-state index contributed by atoms with van der Waals surface area (Å²) in [5, 5.41) is 12.3. The summed E-state index contributed by atoms with van der Waals surface area (Å²) in [6.45, 7) is 3.82. The first kappa shape index (κ1) is 12.9. The Kier molecular flexibility index (Phi) is 3.65. The Morgan fingerprint density at radius 3 is 2.74 bits per heavy atom. The molecule has 1 amide bonds. The number of benzene rings is 1. The van der Waals surface area contributed by atoms with Gasteiger partial charge in [-0.1, -0.05) is 12.1 Å². The molecule has 19 heavy (non-hydrogen) atoms. The lowest BCUT2D eigenvalue weighted by molar-refractivity contribution is 0.102. The molecule has 0 spiro atoms. The predicted octanol–water partition coefficient (Wildman–Crippen LogP) is 1.43. The molecule has 7 heteroatoms. The normalized spacial score (nSPS) is 10.5. The molecule has 2 rings (SSSR count). The van der Waals surface area contributed by atoms with Gasteiger partial charge in [-0.3, -0.25) is 4.79 Å². The van der Waals surface area contributed by atoms with Crippen LogP contribution in [0.3, 0.4) is 0 Å². The van der Waals surface area contributed by atoms with Crippen molar-refractivity contribution < 1.29 is 9.53 Å². The van der Waals surface area contributed by atoms with Gasteiger partial charge < -0.3 is 15.8 Å². The van der Waals surface area contributed by atoms with Crippen molar-refractivity contribution in [2.75, 3.05) is 11.1 Å². The third kappa shape index (κ3) is 3.01. The van der Waals surface area contributed by atoms with E-state index in [0.29, 0.717) is 11.4 Å². The highest BCUT2D eigenvalue weighted by Gasteiger charge is 2.16. The van der Waals surface area contributed by atoms with Crippen LogP contribution in [-0.2, 0) is 0 Å². The van der Waals surface area contributed by atoms with Crippen LogP contribution in [0.1, 0.15) is 24.3 Å². The molecule has 4 N–H and O–H groups in total. The Morgan fingerprint density at radius 2 is 2.11 bits per heavy atom. The van der Waals surface area contributed by atoms with Crippen LogP contribution < -0.4 is 15.8 Å². The zero-order chi connectivity index (χ0) is 13.8. The van der Waals surface area contributed by atoms with Crippen molar-refractivity contribution in [2.45, 2.75) is 20.0 Å². The van der Waals surface area contributed by atoms with Crippen molar-refractivity contribution in [3.63, 3.8) is 0 Å². The van der Waals surface area contributed by atoms with E-state index in [2.05, 4.69) is 20.7 Å². The number of hydrogen-bond acceptors (Lipinski definition) is 5. The van der Waals surface area contributed by atoms with Crippen molar-refractivity contribution in [3.05, 3.63) is 30.0 Å². The molecular formula is C12H15N5O2. The second-order valence-corrected chi connectivity index (χ2v) is 4.17. The van der Waals surface area contributed by atoms with Crippen molar-refractivity contribution in [1.29, 1.82) is 0 Å². The van der Waals surface area contributed by atoms with Crippen LogP contribution in [0.25, 0.3) is 0 Å². The van der Waals surface area contributed by atoms with Crippen molar-refractivity contribution in [1.82, 2.24) is 15.4 Å². The molecule has 0 fully saturated rings. The lowest BCUT2D eigenvalue weighted by Crippen LogP contribution is -2.16. The third-order valence-electron chi connectivity index (χ3n) is 2.29. The van der Waals surface area contributed by atoms with Gasteiger partial charge in [0.05, 0.1) is 11.8 Å². The monoisotopic (exact) mass is 261 g/mol. The topological polar surface area (TPSA) is 106 Å². The van der Waals surface area contributed by atoms with E-state index in [1.807, 2.05) is 19.9 Å². The summed E-state index contributed by atoms with van der Waals surface area (Å²) in [6, 6.07) is 7.15. The highest BCUT2D eigenvalue weighted by atomic mass is 16.5. The third-order valence-corrected chi connectivity index (χ3v) is 2.29. The molecule has 1 aromatic carbocycles. The minimum Gasteiger partial charge on any atom is -0.489 e. The number of nitrogen functional groups attached to an aromatic ring is 1. The summed E-state index contributed by atoms with van der Waals surface area (Å²) in [5.74, 6) is 0.207. The van der Waals surface area contributed by atoms with Crippen molar-refractivity contribution >= 4 is 17.4 Å². The van der Waals surface area contributed by atoms with Gasteiger partial charge in [-0.2, -0.15) is 5.21 Å². The van der Waals surface area contributed by atoms with Crippen LogP contribution in [0.4, 0.5) is 11.5 Å². The highest BCUT2D eigenvalue weighted by Crippen LogP contribution is 2.25. The first-order valence-corrected chi connectivity index (χ1v) is 5.81. The van der Waals surface area contributed by atoms with E-state index in [-0.39, 0.29) is 17.6 Å². The first-order valence-electron chi connectivity index (χ1n) is 5.81. The Morgan fingerprint density at radius 1 is 1.37 bits per heavy atom. The largest absolute Gasteiger partial charge is 0.489 e. The number of hydrogen-bond donors (Lipinski definition) is 3. The summed E-state index contributed by atoms with van der Waals surface area (Å²) in [6.07, 6.45) is 0.00942.